The van der Waals surface area contributed by atoms with E-state index in [2.05, 4.69) is 4.99 Å². The van der Waals surface area contributed by atoms with Crippen molar-refractivity contribution in [1.29, 1.82) is 0 Å². The van der Waals surface area contributed by atoms with Gasteiger partial charge in [0.2, 0.25) is 0 Å². The van der Waals surface area contributed by atoms with E-state index in [4.69, 9.17) is 23.2 Å². The Morgan fingerprint density at radius 3 is 2.50 bits per heavy atom. The molecule has 2 aliphatic heterocycles. The van der Waals surface area contributed by atoms with Crippen LogP contribution in [0.3, 0.4) is 0 Å². The summed E-state index contributed by atoms with van der Waals surface area (Å²) in [7, 11) is 0. The number of carbonyl (C=O) groups is 1. The van der Waals surface area contributed by atoms with E-state index >= 15 is 0 Å². The molecule has 0 saturated heterocycles. The van der Waals surface area contributed by atoms with Crippen molar-refractivity contribution in [1.82, 2.24) is 4.90 Å². The Hall–Kier alpha value is -2.28. The van der Waals surface area contributed by atoms with Gasteiger partial charge in [-0.05, 0) is 36.9 Å². The number of fused-ring (bicyclic) bond motifs is 1. The molecule has 1 atom stereocenters. The highest BCUT2D eigenvalue weighted by Gasteiger charge is 2.40. The summed E-state index contributed by atoms with van der Waals surface area (Å²) in [5.74, 6) is -1.63. The van der Waals surface area contributed by atoms with Crippen LogP contribution in [0, 0.1) is 5.82 Å². The SMILES string of the molecule is CC1=C(C(=O)O)C(c2ccccc2F)N2C=C(c3c(Cl)cccc3Cl)SC2=N1. The first-order valence-corrected chi connectivity index (χ1v) is 9.85. The van der Waals surface area contributed by atoms with E-state index in [1.54, 1.807) is 54.4 Å². The lowest BCUT2D eigenvalue weighted by Crippen LogP contribution is -2.33. The lowest BCUT2D eigenvalue weighted by Gasteiger charge is -2.32. The average Bonchev–Trinajstić information content (AvgIpc) is 3.03. The second-order valence-electron chi connectivity index (χ2n) is 6.22. The number of carboxylic acids is 1. The van der Waals surface area contributed by atoms with Gasteiger partial charge in [0.25, 0.3) is 0 Å². The summed E-state index contributed by atoms with van der Waals surface area (Å²) >= 11 is 14.0. The minimum Gasteiger partial charge on any atom is -0.478 e. The second kappa shape index (κ2) is 7.28. The fraction of sp³-hybridized carbons (Fsp3) is 0.100. The Kier molecular flexibility index (Phi) is 4.95. The summed E-state index contributed by atoms with van der Waals surface area (Å²) < 4.78 is 14.6. The zero-order valence-electron chi connectivity index (χ0n) is 14.5. The normalized spacial score (nSPS) is 18.7. The first-order valence-electron chi connectivity index (χ1n) is 8.28. The van der Waals surface area contributed by atoms with Crippen molar-refractivity contribution in [3.05, 3.63) is 86.9 Å². The van der Waals surface area contributed by atoms with E-state index in [1.165, 1.54) is 17.8 Å². The monoisotopic (exact) mass is 434 g/mol. The lowest BCUT2D eigenvalue weighted by molar-refractivity contribution is -0.133. The molecule has 8 heteroatoms. The second-order valence-corrected chi connectivity index (χ2v) is 8.05. The third kappa shape index (κ3) is 3.11. The van der Waals surface area contributed by atoms with Gasteiger partial charge in [0.15, 0.2) is 5.17 Å². The molecule has 0 bridgehead atoms. The number of hydrogen-bond acceptors (Lipinski definition) is 4. The number of rotatable bonds is 3. The van der Waals surface area contributed by atoms with Crippen molar-refractivity contribution in [3.63, 3.8) is 0 Å². The molecule has 2 aromatic rings. The highest BCUT2D eigenvalue weighted by Crippen LogP contribution is 2.49. The van der Waals surface area contributed by atoms with Crippen molar-refractivity contribution < 1.29 is 14.3 Å². The Bertz CT molecular complexity index is 1080. The first kappa shape index (κ1) is 19.1. The van der Waals surface area contributed by atoms with E-state index in [-0.39, 0.29) is 11.1 Å². The van der Waals surface area contributed by atoms with E-state index in [9.17, 15) is 14.3 Å². The number of aliphatic imine (C=N–C) groups is 1. The van der Waals surface area contributed by atoms with Gasteiger partial charge in [-0.25, -0.2) is 14.2 Å². The number of carboxylic acid groups (broad SMARTS) is 1. The number of amidine groups is 1. The van der Waals surface area contributed by atoms with Crippen LogP contribution in [-0.2, 0) is 4.79 Å². The number of benzene rings is 2. The zero-order valence-corrected chi connectivity index (χ0v) is 16.8. The van der Waals surface area contributed by atoms with Crippen LogP contribution in [0.15, 0.2) is 64.9 Å². The number of nitrogens with zero attached hydrogens (tertiary/aromatic N) is 2. The van der Waals surface area contributed by atoms with Crippen molar-refractivity contribution in [2.24, 2.45) is 4.99 Å². The van der Waals surface area contributed by atoms with Crippen LogP contribution >= 0.6 is 35.0 Å². The van der Waals surface area contributed by atoms with Gasteiger partial charge in [-0.15, -0.1) is 0 Å². The van der Waals surface area contributed by atoms with Gasteiger partial charge >= 0.3 is 5.97 Å². The maximum atomic E-state index is 14.6. The molecule has 142 valence electrons. The molecule has 2 aromatic carbocycles. The highest BCUT2D eigenvalue weighted by molar-refractivity contribution is 8.22. The maximum absolute atomic E-state index is 14.6. The third-order valence-corrected chi connectivity index (χ3v) is 6.17. The van der Waals surface area contributed by atoms with Crippen LogP contribution in [-0.4, -0.2) is 21.1 Å². The Morgan fingerprint density at radius 1 is 1.18 bits per heavy atom. The molecule has 0 radical (unpaired) electrons. The topological polar surface area (TPSA) is 52.9 Å². The van der Waals surface area contributed by atoms with E-state index < -0.39 is 17.8 Å². The molecule has 4 nitrogen and oxygen atoms in total. The molecule has 0 fully saturated rings. The number of hydrogen-bond donors (Lipinski definition) is 1. The van der Waals surface area contributed by atoms with Crippen LogP contribution in [0.4, 0.5) is 4.39 Å². The lowest BCUT2D eigenvalue weighted by atomic mass is 9.94. The minimum absolute atomic E-state index is 0.0252. The molecule has 0 aromatic heterocycles. The van der Waals surface area contributed by atoms with E-state index in [0.717, 1.165) is 4.91 Å². The molecule has 0 amide bonds. The standard InChI is InChI=1S/C20H13Cl2FN2O2S/c1-10-16(19(26)27)18(11-5-2-3-8-14(11)23)25-9-15(28-20(25)24-10)17-12(21)6-4-7-13(17)22/h2-9,18H,1H3,(H,26,27). The number of halogens is 3. The van der Waals surface area contributed by atoms with Gasteiger partial charge in [-0.2, -0.15) is 0 Å². The first-order chi connectivity index (χ1) is 13.4. The van der Waals surface area contributed by atoms with E-state index in [1.807, 2.05) is 0 Å². The predicted molar refractivity (Wildman–Crippen MR) is 111 cm³/mol. The van der Waals surface area contributed by atoms with Crippen molar-refractivity contribution in [2.75, 3.05) is 0 Å². The smallest absolute Gasteiger partial charge is 0.335 e. The summed E-state index contributed by atoms with van der Waals surface area (Å²) in [5, 5.41) is 11.3. The summed E-state index contributed by atoms with van der Waals surface area (Å²) in [6.45, 7) is 1.61. The Balaban J connectivity index is 1.89. The minimum atomic E-state index is -1.14. The molecule has 2 heterocycles. The van der Waals surface area contributed by atoms with Gasteiger partial charge in [0.1, 0.15) is 5.82 Å². The van der Waals surface area contributed by atoms with Crippen LogP contribution in [0.25, 0.3) is 4.91 Å². The molecule has 1 N–H and O–H groups in total. The van der Waals surface area contributed by atoms with Crippen LogP contribution in [0.1, 0.15) is 24.1 Å². The number of aliphatic carboxylic acids is 1. The van der Waals surface area contributed by atoms with Crippen molar-refractivity contribution in [2.45, 2.75) is 13.0 Å². The zero-order chi connectivity index (χ0) is 20.0. The van der Waals surface area contributed by atoms with Gasteiger partial charge in [0.05, 0.1) is 27.4 Å². The van der Waals surface area contributed by atoms with Gasteiger partial charge in [-0.1, -0.05) is 47.5 Å². The van der Waals surface area contributed by atoms with Gasteiger partial charge < -0.3 is 10.0 Å². The summed E-state index contributed by atoms with van der Waals surface area (Å²) in [6.07, 6.45) is 1.73. The molecular weight excluding hydrogens is 422 g/mol. The largest absolute Gasteiger partial charge is 0.478 e. The van der Waals surface area contributed by atoms with Crippen LogP contribution in [0.5, 0.6) is 0 Å². The Morgan fingerprint density at radius 2 is 1.86 bits per heavy atom. The van der Waals surface area contributed by atoms with Gasteiger partial charge in [0, 0.05) is 22.2 Å². The molecule has 1 unspecified atom stereocenters. The number of thioether (sulfide) groups is 1. The van der Waals surface area contributed by atoms with E-state index in [0.29, 0.717) is 26.5 Å². The van der Waals surface area contributed by atoms with Crippen molar-refractivity contribution in [3.8, 4) is 0 Å². The molecule has 28 heavy (non-hydrogen) atoms. The fourth-order valence-electron chi connectivity index (χ4n) is 3.29. The van der Waals surface area contributed by atoms with Crippen LogP contribution < -0.4 is 0 Å². The fourth-order valence-corrected chi connectivity index (χ4v) is 5.13. The summed E-state index contributed by atoms with van der Waals surface area (Å²) in [4.78, 5) is 18.8. The molecule has 4 rings (SSSR count). The molecule has 0 saturated carbocycles. The van der Waals surface area contributed by atoms with Gasteiger partial charge in [-0.3, -0.25) is 0 Å². The van der Waals surface area contributed by atoms with Crippen molar-refractivity contribution >= 4 is 51.0 Å². The van der Waals surface area contributed by atoms with Crippen LogP contribution in [0.2, 0.25) is 10.0 Å². The maximum Gasteiger partial charge on any atom is 0.335 e. The summed E-state index contributed by atoms with van der Waals surface area (Å²) in [5.41, 5.74) is 1.25. The number of allylic oxidation sites excluding steroid dienone is 1. The quantitative estimate of drug-likeness (QED) is 0.648. The molecule has 0 spiro atoms. The molecule has 0 aliphatic carbocycles. The third-order valence-electron chi connectivity index (χ3n) is 4.52. The molecular formula is C20H13Cl2FN2O2S. The molecule has 2 aliphatic rings. The highest BCUT2D eigenvalue weighted by atomic mass is 35.5. The average molecular weight is 435 g/mol. The summed E-state index contributed by atoms with van der Waals surface area (Å²) in [6, 6.07) is 10.5. The predicted octanol–water partition coefficient (Wildman–Crippen LogP) is 5.95. The Labute approximate surface area is 175 Å².